The zero-order chi connectivity index (χ0) is 16.4. The van der Waals surface area contributed by atoms with Crippen molar-refractivity contribution < 1.29 is 9.90 Å². The molecule has 6 heteroatoms. The van der Waals surface area contributed by atoms with Crippen LogP contribution in [0.5, 0.6) is 0 Å². The fourth-order valence-corrected chi connectivity index (χ4v) is 3.86. The number of likely N-dealkylation sites (tertiary alicyclic amines) is 1. The van der Waals surface area contributed by atoms with E-state index in [4.69, 9.17) is 5.11 Å². The lowest BCUT2D eigenvalue weighted by atomic mass is 9.97. The normalized spacial score (nSPS) is 16.6. The average molecular weight is 332 g/mol. The van der Waals surface area contributed by atoms with E-state index in [0.29, 0.717) is 19.4 Å². The predicted molar refractivity (Wildman–Crippen MR) is 90.7 cm³/mol. The molecule has 3 rings (SSSR count). The smallest absolute Gasteiger partial charge is 0.306 e. The molecule has 0 radical (unpaired) electrons. The number of carboxylic acid groups (broad SMARTS) is 1. The maximum Gasteiger partial charge on any atom is 0.306 e. The van der Waals surface area contributed by atoms with E-state index in [1.807, 2.05) is 31.2 Å². The summed E-state index contributed by atoms with van der Waals surface area (Å²) in [6.07, 6.45) is 1.35. The van der Waals surface area contributed by atoms with E-state index in [2.05, 4.69) is 9.88 Å². The molecule has 23 heavy (non-hydrogen) atoms. The Bertz CT molecular complexity index is 740. The lowest BCUT2D eigenvalue weighted by molar-refractivity contribution is -0.143. The van der Waals surface area contributed by atoms with Gasteiger partial charge < -0.3 is 10.1 Å². The molecule has 0 saturated carbocycles. The first kappa shape index (κ1) is 16.0. The Kier molecular flexibility index (Phi) is 4.63. The number of piperidine rings is 1. The Labute approximate surface area is 138 Å². The van der Waals surface area contributed by atoms with Crippen LogP contribution in [0.15, 0.2) is 29.1 Å². The number of carboxylic acids is 1. The zero-order valence-corrected chi connectivity index (χ0v) is 13.9. The average Bonchev–Trinajstić information content (AvgIpc) is 2.89. The summed E-state index contributed by atoms with van der Waals surface area (Å²) in [5.41, 5.74) is 3.09. The molecule has 0 spiro atoms. The van der Waals surface area contributed by atoms with Crippen LogP contribution in [-0.2, 0) is 11.3 Å². The third-order valence-electron chi connectivity index (χ3n) is 4.37. The number of rotatable bonds is 4. The molecule has 1 aromatic heterocycles. The van der Waals surface area contributed by atoms with Crippen molar-refractivity contribution >= 4 is 17.3 Å². The highest BCUT2D eigenvalue weighted by Crippen LogP contribution is 2.27. The number of nitrogens with zero attached hydrogens (tertiary/aromatic N) is 1. The molecule has 0 amide bonds. The van der Waals surface area contributed by atoms with Gasteiger partial charge in [0.2, 0.25) is 0 Å². The monoisotopic (exact) mass is 332 g/mol. The summed E-state index contributed by atoms with van der Waals surface area (Å²) < 4.78 is 0. The summed E-state index contributed by atoms with van der Waals surface area (Å²) >= 11 is 1.25. The van der Waals surface area contributed by atoms with Gasteiger partial charge in [-0.15, -0.1) is 0 Å². The van der Waals surface area contributed by atoms with Gasteiger partial charge in [-0.25, -0.2) is 0 Å². The fourth-order valence-electron chi connectivity index (χ4n) is 2.97. The molecule has 5 nitrogen and oxygen atoms in total. The second kappa shape index (κ2) is 6.68. The van der Waals surface area contributed by atoms with Crippen LogP contribution in [0.3, 0.4) is 0 Å². The van der Waals surface area contributed by atoms with Crippen LogP contribution in [-0.4, -0.2) is 34.0 Å². The Morgan fingerprint density at radius 2 is 1.96 bits per heavy atom. The number of hydrogen-bond donors (Lipinski definition) is 2. The standard InChI is InChI=1S/C17H20N2O3S/c1-11-2-4-12(5-3-11)15-14(23-17(22)18-15)10-19-8-6-13(7-9-19)16(20)21/h2-5,13H,6-10H2,1H3,(H,18,22)(H,20,21). The fraction of sp³-hybridized carbons (Fsp3) is 0.412. The van der Waals surface area contributed by atoms with Crippen molar-refractivity contribution in [2.45, 2.75) is 26.3 Å². The molecule has 2 aromatic rings. The number of nitrogens with one attached hydrogen (secondary N) is 1. The zero-order valence-electron chi connectivity index (χ0n) is 13.0. The number of thiazole rings is 1. The third-order valence-corrected chi connectivity index (χ3v) is 5.23. The first-order valence-corrected chi connectivity index (χ1v) is 8.59. The Balaban J connectivity index is 1.75. The molecule has 0 atom stereocenters. The SMILES string of the molecule is Cc1ccc(-c2[nH]c(=O)sc2CN2CCC(C(=O)O)CC2)cc1. The van der Waals surface area contributed by atoms with E-state index in [-0.39, 0.29) is 10.8 Å². The van der Waals surface area contributed by atoms with Crippen molar-refractivity contribution in [1.29, 1.82) is 0 Å². The van der Waals surface area contributed by atoms with Crippen molar-refractivity contribution in [3.05, 3.63) is 44.4 Å². The number of aliphatic carboxylic acids is 1. The molecular weight excluding hydrogens is 312 g/mol. The van der Waals surface area contributed by atoms with Gasteiger partial charge in [0.05, 0.1) is 11.6 Å². The quantitative estimate of drug-likeness (QED) is 0.903. The highest BCUT2D eigenvalue weighted by molar-refractivity contribution is 7.09. The van der Waals surface area contributed by atoms with Gasteiger partial charge in [-0.3, -0.25) is 14.5 Å². The Hall–Kier alpha value is -1.92. The molecule has 2 N–H and O–H groups in total. The molecule has 122 valence electrons. The number of carbonyl (C=O) groups is 1. The number of hydrogen-bond acceptors (Lipinski definition) is 4. The van der Waals surface area contributed by atoms with Crippen LogP contribution >= 0.6 is 11.3 Å². The molecule has 1 saturated heterocycles. The lowest BCUT2D eigenvalue weighted by Gasteiger charge is -2.29. The van der Waals surface area contributed by atoms with Gasteiger partial charge >= 0.3 is 10.8 Å². The van der Waals surface area contributed by atoms with E-state index in [1.165, 1.54) is 16.9 Å². The maximum absolute atomic E-state index is 11.8. The number of H-pyrrole nitrogens is 1. The van der Waals surface area contributed by atoms with Crippen molar-refractivity contribution in [2.75, 3.05) is 13.1 Å². The lowest BCUT2D eigenvalue weighted by Crippen LogP contribution is -2.35. The first-order chi connectivity index (χ1) is 11.0. The number of aryl methyl sites for hydroxylation is 1. The van der Waals surface area contributed by atoms with Gasteiger partial charge in [0.15, 0.2) is 0 Å². The van der Waals surface area contributed by atoms with E-state index in [0.717, 1.165) is 29.2 Å². The van der Waals surface area contributed by atoms with Gasteiger partial charge in [-0.1, -0.05) is 41.2 Å². The van der Waals surface area contributed by atoms with E-state index in [1.54, 1.807) is 0 Å². The summed E-state index contributed by atoms with van der Waals surface area (Å²) in [6, 6.07) is 8.11. The highest BCUT2D eigenvalue weighted by atomic mass is 32.1. The largest absolute Gasteiger partial charge is 0.481 e. The molecule has 0 aliphatic carbocycles. The maximum atomic E-state index is 11.8. The van der Waals surface area contributed by atoms with Crippen molar-refractivity contribution in [2.24, 2.45) is 5.92 Å². The summed E-state index contributed by atoms with van der Waals surface area (Å²) in [5.74, 6) is -0.927. The van der Waals surface area contributed by atoms with Crippen LogP contribution in [0.1, 0.15) is 23.3 Å². The Morgan fingerprint density at radius 1 is 1.30 bits per heavy atom. The number of aromatic nitrogens is 1. The van der Waals surface area contributed by atoms with E-state index in [9.17, 15) is 9.59 Å². The second-order valence-electron chi connectivity index (χ2n) is 6.07. The number of benzene rings is 1. The van der Waals surface area contributed by atoms with Gasteiger partial charge in [0.25, 0.3) is 0 Å². The molecule has 0 bridgehead atoms. The van der Waals surface area contributed by atoms with Gasteiger partial charge in [0, 0.05) is 11.4 Å². The molecule has 1 aliphatic rings. The van der Waals surface area contributed by atoms with Crippen molar-refractivity contribution in [1.82, 2.24) is 9.88 Å². The van der Waals surface area contributed by atoms with E-state index >= 15 is 0 Å². The van der Waals surface area contributed by atoms with Crippen LogP contribution in [0.2, 0.25) is 0 Å². The third kappa shape index (κ3) is 3.71. The van der Waals surface area contributed by atoms with Crippen molar-refractivity contribution in [3.8, 4) is 11.3 Å². The minimum atomic E-state index is -0.698. The molecule has 0 unspecified atom stereocenters. The van der Waals surface area contributed by atoms with Crippen LogP contribution in [0.25, 0.3) is 11.3 Å². The van der Waals surface area contributed by atoms with Crippen LogP contribution in [0.4, 0.5) is 0 Å². The molecule has 1 fully saturated rings. The van der Waals surface area contributed by atoms with E-state index < -0.39 is 5.97 Å². The first-order valence-electron chi connectivity index (χ1n) is 7.77. The Morgan fingerprint density at radius 3 is 2.57 bits per heavy atom. The predicted octanol–water partition coefficient (Wildman–Crippen LogP) is 2.71. The van der Waals surface area contributed by atoms with Crippen molar-refractivity contribution in [3.63, 3.8) is 0 Å². The van der Waals surface area contributed by atoms with Gasteiger partial charge in [-0.05, 0) is 38.4 Å². The summed E-state index contributed by atoms with van der Waals surface area (Å²) in [6.45, 7) is 4.25. The number of aromatic amines is 1. The molecule has 1 aliphatic heterocycles. The minimum Gasteiger partial charge on any atom is -0.481 e. The summed E-state index contributed by atoms with van der Waals surface area (Å²) in [7, 11) is 0. The van der Waals surface area contributed by atoms with Gasteiger partial charge in [0.1, 0.15) is 0 Å². The second-order valence-corrected chi connectivity index (χ2v) is 7.14. The van der Waals surface area contributed by atoms with Gasteiger partial charge in [-0.2, -0.15) is 0 Å². The topological polar surface area (TPSA) is 73.4 Å². The molecule has 1 aromatic carbocycles. The minimum absolute atomic E-state index is 0.0454. The summed E-state index contributed by atoms with van der Waals surface area (Å²) in [4.78, 5) is 29.0. The molecular formula is C17H20N2O3S. The highest BCUT2D eigenvalue weighted by Gasteiger charge is 2.25. The van der Waals surface area contributed by atoms with Crippen LogP contribution < -0.4 is 4.87 Å². The van der Waals surface area contributed by atoms with Crippen LogP contribution in [0, 0.1) is 12.8 Å². The summed E-state index contributed by atoms with van der Waals surface area (Å²) in [5, 5.41) is 9.07. The molecule has 2 heterocycles.